The Hall–Kier alpha value is -2.33. The van der Waals surface area contributed by atoms with Crippen molar-refractivity contribution in [3.05, 3.63) is 59.4 Å². The molecule has 1 amide bonds. The van der Waals surface area contributed by atoms with Crippen LogP contribution in [0.25, 0.3) is 6.08 Å². The van der Waals surface area contributed by atoms with E-state index in [9.17, 15) is 4.79 Å². The molecular weight excluding hydrogens is 300 g/mol. The smallest absolute Gasteiger partial charge is 0.248 e. The van der Waals surface area contributed by atoms with Crippen LogP contribution in [0, 0.1) is 0 Å². The van der Waals surface area contributed by atoms with Gasteiger partial charge in [0.15, 0.2) is 0 Å². The van der Waals surface area contributed by atoms with Crippen LogP contribution in [-0.4, -0.2) is 17.0 Å². The fourth-order valence-electron chi connectivity index (χ4n) is 1.80. The Morgan fingerprint density at radius 2 is 2.14 bits per heavy atom. The van der Waals surface area contributed by atoms with Gasteiger partial charge in [-0.15, -0.1) is 0 Å². The van der Waals surface area contributed by atoms with Crippen LogP contribution in [0.5, 0.6) is 5.75 Å². The van der Waals surface area contributed by atoms with E-state index in [1.807, 2.05) is 38.1 Å². The van der Waals surface area contributed by atoms with Crippen molar-refractivity contribution in [1.29, 1.82) is 0 Å². The Bertz CT molecular complexity index is 684. The second kappa shape index (κ2) is 7.61. The molecule has 114 valence electrons. The highest BCUT2D eigenvalue weighted by Crippen LogP contribution is 2.16. The van der Waals surface area contributed by atoms with Gasteiger partial charge in [-0.05, 0) is 49.8 Å². The monoisotopic (exact) mass is 316 g/mol. The van der Waals surface area contributed by atoms with E-state index >= 15 is 0 Å². The van der Waals surface area contributed by atoms with E-state index in [4.69, 9.17) is 16.3 Å². The molecular formula is C17H17ClN2O2. The number of amides is 1. The van der Waals surface area contributed by atoms with E-state index in [0.29, 0.717) is 10.8 Å². The summed E-state index contributed by atoms with van der Waals surface area (Å²) in [6.07, 6.45) is 4.83. The van der Waals surface area contributed by atoms with Gasteiger partial charge in [0.05, 0.1) is 6.10 Å². The van der Waals surface area contributed by atoms with Gasteiger partial charge in [0, 0.05) is 18.0 Å². The van der Waals surface area contributed by atoms with E-state index in [-0.39, 0.29) is 12.0 Å². The van der Waals surface area contributed by atoms with Crippen molar-refractivity contribution in [2.75, 3.05) is 5.32 Å². The summed E-state index contributed by atoms with van der Waals surface area (Å²) in [5.41, 5.74) is 1.49. The molecule has 0 fully saturated rings. The number of nitrogens with one attached hydrogen (secondary N) is 1. The lowest BCUT2D eigenvalue weighted by atomic mass is 10.2. The van der Waals surface area contributed by atoms with E-state index in [2.05, 4.69) is 10.3 Å². The average Bonchev–Trinajstić information content (AvgIpc) is 2.45. The third kappa shape index (κ3) is 5.22. The first-order valence-electron chi connectivity index (χ1n) is 6.90. The summed E-state index contributed by atoms with van der Waals surface area (Å²) in [7, 11) is 0. The lowest BCUT2D eigenvalue weighted by Crippen LogP contribution is -2.07. The van der Waals surface area contributed by atoms with Gasteiger partial charge in [-0.3, -0.25) is 4.79 Å². The van der Waals surface area contributed by atoms with E-state index < -0.39 is 0 Å². The summed E-state index contributed by atoms with van der Waals surface area (Å²) in [4.78, 5) is 15.7. The Balaban J connectivity index is 2.00. The maximum Gasteiger partial charge on any atom is 0.248 e. The minimum absolute atomic E-state index is 0.110. The van der Waals surface area contributed by atoms with Gasteiger partial charge in [0.2, 0.25) is 5.91 Å². The number of nitrogens with zero attached hydrogens (tertiary/aromatic N) is 1. The molecule has 4 nitrogen and oxygen atoms in total. The zero-order chi connectivity index (χ0) is 15.9. The van der Waals surface area contributed by atoms with Crippen molar-refractivity contribution >= 4 is 29.3 Å². The Kier molecular flexibility index (Phi) is 5.55. The lowest BCUT2D eigenvalue weighted by molar-refractivity contribution is -0.111. The second-order valence-electron chi connectivity index (χ2n) is 4.93. The number of aromatic nitrogens is 1. The summed E-state index contributed by atoms with van der Waals surface area (Å²) in [6, 6.07) is 10.8. The molecule has 0 unspecified atom stereocenters. The molecule has 1 aromatic heterocycles. The lowest BCUT2D eigenvalue weighted by Gasteiger charge is -2.09. The summed E-state index contributed by atoms with van der Waals surface area (Å²) >= 11 is 5.77. The fraction of sp³-hybridized carbons (Fsp3) is 0.176. The molecule has 2 aromatic rings. The summed E-state index contributed by atoms with van der Waals surface area (Å²) in [5, 5.41) is 3.05. The molecule has 0 saturated heterocycles. The molecule has 2 rings (SSSR count). The molecule has 0 aliphatic rings. The Morgan fingerprint density at radius 3 is 2.86 bits per heavy atom. The highest BCUT2D eigenvalue weighted by molar-refractivity contribution is 6.29. The first-order valence-corrected chi connectivity index (χ1v) is 7.28. The van der Waals surface area contributed by atoms with E-state index in [1.165, 1.54) is 12.3 Å². The molecule has 0 atom stereocenters. The molecule has 1 N–H and O–H groups in total. The van der Waals surface area contributed by atoms with Crippen molar-refractivity contribution in [2.24, 2.45) is 0 Å². The molecule has 0 aliphatic heterocycles. The number of halogens is 1. The Morgan fingerprint density at radius 1 is 1.32 bits per heavy atom. The number of anilines is 1. The molecule has 0 saturated carbocycles. The van der Waals surface area contributed by atoms with Crippen LogP contribution in [-0.2, 0) is 4.79 Å². The predicted molar refractivity (Wildman–Crippen MR) is 89.1 cm³/mol. The molecule has 1 heterocycles. The first-order chi connectivity index (χ1) is 10.5. The third-order valence-electron chi connectivity index (χ3n) is 2.65. The summed E-state index contributed by atoms with van der Waals surface area (Å²) < 4.78 is 5.61. The molecule has 22 heavy (non-hydrogen) atoms. The van der Waals surface area contributed by atoms with E-state index in [0.717, 1.165) is 11.3 Å². The van der Waals surface area contributed by atoms with Gasteiger partial charge in [0.25, 0.3) is 0 Å². The zero-order valence-electron chi connectivity index (χ0n) is 12.4. The number of pyridine rings is 1. The summed E-state index contributed by atoms with van der Waals surface area (Å²) in [6.45, 7) is 3.94. The standard InChI is InChI=1S/C17H17ClN2O2/c1-12(2)22-15-5-3-4-13(10-15)6-7-17(21)20-14-8-9-19-16(18)11-14/h3-12H,1-2H3,(H,19,20,21)/b7-6+. The number of hydrogen-bond acceptors (Lipinski definition) is 3. The van der Waals surface area contributed by atoms with Crippen molar-refractivity contribution in [2.45, 2.75) is 20.0 Å². The summed E-state index contributed by atoms with van der Waals surface area (Å²) in [5.74, 6) is 0.538. The Labute approximate surface area is 134 Å². The molecule has 0 bridgehead atoms. The van der Waals surface area contributed by atoms with Crippen molar-refractivity contribution in [1.82, 2.24) is 4.98 Å². The quantitative estimate of drug-likeness (QED) is 0.665. The van der Waals surface area contributed by atoms with Crippen LogP contribution in [0.2, 0.25) is 5.15 Å². The van der Waals surface area contributed by atoms with Crippen molar-refractivity contribution in [3.8, 4) is 5.75 Å². The maximum atomic E-state index is 11.9. The number of carbonyl (C=O) groups excluding carboxylic acids is 1. The highest BCUT2D eigenvalue weighted by atomic mass is 35.5. The fourth-order valence-corrected chi connectivity index (χ4v) is 1.97. The minimum atomic E-state index is -0.238. The first kappa shape index (κ1) is 16.0. The normalized spacial score (nSPS) is 10.9. The molecule has 0 spiro atoms. The molecule has 0 radical (unpaired) electrons. The minimum Gasteiger partial charge on any atom is -0.491 e. The third-order valence-corrected chi connectivity index (χ3v) is 2.86. The molecule has 5 heteroatoms. The molecule has 0 aliphatic carbocycles. The van der Waals surface area contributed by atoms with Crippen LogP contribution >= 0.6 is 11.6 Å². The van der Waals surface area contributed by atoms with Crippen LogP contribution in [0.4, 0.5) is 5.69 Å². The molecule has 1 aromatic carbocycles. The SMILES string of the molecule is CC(C)Oc1cccc(/C=C/C(=O)Nc2ccnc(Cl)c2)c1. The predicted octanol–water partition coefficient (Wildman–Crippen LogP) is 4.17. The van der Waals surface area contributed by atoms with Crippen LogP contribution < -0.4 is 10.1 Å². The zero-order valence-corrected chi connectivity index (χ0v) is 13.2. The van der Waals surface area contributed by atoms with Gasteiger partial charge in [-0.1, -0.05) is 23.7 Å². The van der Waals surface area contributed by atoms with Gasteiger partial charge in [-0.2, -0.15) is 0 Å². The number of benzene rings is 1. The van der Waals surface area contributed by atoms with Crippen LogP contribution in [0.3, 0.4) is 0 Å². The average molecular weight is 317 g/mol. The highest BCUT2D eigenvalue weighted by Gasteiger charge is 2.00. The topological polar surface area (TPSA) is 51.2 Å². The number of ether oxygens (including phenoxy) is 1. The van der Waals surface area contributed by atoms with Gasteiger partial charge >= 0.3 is 0 Å². The largest absolute Gasteiger partial charge is 0.491 e. The number of rotatable bonds is 5. The second-order valence-corrected chi connectivity index (χ2v) is 5.32. The van der Waals surface area contributed by atoms with Crippen molar-refractivity contribution < 1.29 is 9.53 Å². The van der Waals surface area contributed by atoms with E-state index in [1.54, 1.807) is 18.2 Å². The number of hydrogen-bond donors (Lipinski definition) is 1. The number of carbonyl (C=O) groups is 1. The van der Waals surface area contributed by atoms with Gasteiger partial charge in [-0.25, -0.2) is 4.98 Å². The van der Waals surface area contributed by atoms with Crippen molar-refractivity contribution in [3.63, 3.8) is 0 Å². The van der Waals surface area contributed by atoms with Gasteiger partial charge in [0.1, 0.15) is 10.9 Å². The maximum absolute atomic E-state index is 11.9. The van der Waals surface area contributed by atoms with Crippen LogP contribution in [0.1, 0.15) is 19.4 Å². The van der Waals surface area contributed by atoms with Gasteiger partial charge < -0.3 is 10.1 Å². The van der Waals surface area contributed by atoms with Crippen LogP contribution in [0.15, 0.2) is 48.7 Å².